The lowest BCUT2D eigenvalue weighted by atomic mass is 10.0. The molecule has 0 saturated heterocycles. The molecule has 122 heavy (non-hydrogen) atoms. The van der Waals surface area contributed by atoms with E-state index in [0.29, 0.717) is 84.9 Å². The van der Waals surface area contributed by atoms with Gasteiger partial charge in [-0.1, -0.05) is 0 Å². The van der Waals surface area contributed by atoms with Crippen molar-refractivity contribution in [3.63, 3.8) is 0 Å². The number of aromatic hydroxyl groups is 25. The summed E-state index contributed by atoms with van der Waals surface area (Å²) < 4.78 is 54.8. The highest BCUT2D eigenvalue weighted by atomic mass is 16.7. The minimum Gasteiger partial charge on any atom is -0.504 e. The van der Waals surface area contributed by atoms with Crippen LogP contribution in [0.15, 0.2) is 121 Å². The van der Waals surface area contributed by atoms with Crippen LogP contribution in [0.3, 0.4) is 0 Å². The summed E-state index contributed by atoms with van der Waals surface area (Å²) in [6.45, 7) is -1.87. The highest BCUT2D eigenvalue weighted by Gasteiger charge is 2.47. The van der Waals surface area contributed by atoms with Crippen LogP contribution < -0.4 is 23.7 Å². The van der Waals surface area contributed by atoms with Gasteiger partial charge in [0.25, 0.3) is 0 Å². The molecule has 0 unspecified atom stereocenters. The average Bonchev–Trinajstić information content (AvgIpc) is 0.775. The van der Waals surface area contributed by atoms with Crippen molar-refractivity contribution in [1.82, 2.24) is 0 Å². The van der Waals surface area contributed by atoms with E-state index in [9.17, 15) is 171 Å². The Hall–Kier alpha value is -18.4. The van der Waals surface area contributed by atoms with Crippen molar-refractivity contribution < 1.29 is 228 Å². The second-order valence-electron chi connectivity index (χ2n) is 24.8. The van der Waals surface area contributed by atoms with Crippen molar-refractivity contribution >= 4 is 66.0 Å². The lowest BCUT2D eigenvalue weighted by Crippen LogP contribution is -2.54. The smallest absolute Gasteiger partial charge is 0.344 e. The van der Waals surface area contributed by atoms with Gasteiger partial charge in [0.2, 0.25) is 11.5 Å². The van der Waals surface area contributed by atoms with Gasteiger partial charge in [-0.05, 0) is 121 Å². The number of ether oxygens (including phenoxy) is 10. The first-order valence-electron chi connectivity index (χ1n) is 32.9. The number of phenols is 25. The third-order valence-electron chi connectivity index (χ3n) is 16.5. The molecule has 0 saturated carbocycles. The van der Waals surface area contributed by atoms with Gasteiger partial charge in [0, 0.05) is 0 Å². The standard InChI is InChI=1S/C76H52O46/c77-21-53(117-72(108)32-19-51(115-69(105)25-5-37(82)57(97)38(83)6-25)64(120-74(110)29-13-45(90)61(101)46(91)14-29)52(20-32)116-70(106)26-7-39(84)58(98)40(85)8-26)65(121-76(112)31-17-49(94)63(119-73(109)28-11-43(88)60(100)44(89)12-28)50(18-31)114-68(104)24-3-35(80)56(96)36(81)4-24)66(122-75(111)30-15-47(92)62(102)48(93)16-30)54(118-71(107)27-9-41(86)59(99)42(87)10-27)22-113-67(103)23-1-33(78)55(95)34(79)2-23/h1-21,53-54,65-66,78-102H,22H2/t53-,54+,65+,66+/m0/s1. The van der Waals surface area contributed by atoms with Gasteiger partial charge in [0.1, 0.15) is 6.61 Å². The van der Waals surface area contributed by atoms with E-state index in [-0.39, 0.29) is 36.4 Å². The average molecular weight is 1700 g/mol. The Morgan fingerprint density at radius 3 is 0.697 bits per heavy atom. The molecule has 10 aromatic rings. The molecule has 4 atom stereocenters. The van der Waals surface area contributed by atoms with Gasteiger partial charge in [0.15, 0.2) is 192 Å². The topological polar surface area (TPSA) is 786 Å². The number of phenolic OH excluding ortho intramolecular Hbond substituents is 25. The number of benzene rings is 10. The van der Waals surface area contributed by atoms with E-state index in [4.69, 9.17) is 47.4 Å². The molecular weight excluding hydrogens is 1650 g/mol. The van der Waals surface area contributed by atoms with Gasteiger partial charge in [-0.2, -0.15) is 0 Å². The first kappa shape index (κ1) is 86.0. The molecule has 0 aromatic heterocycles. The molecule has 10 rings (SSSR count). The molecule has 10 aromatic carbocycles. The first-order valence-corrected chi connectivity index (χ1v) is 32.9. The van der Waals surface area contributed by atoms with Gasteiger partial charge >= 0.3 is 59.7 Å². The van der Waals surface area contributed by atoms with Crippen molar-refractivity contribution in [1.29, 1.82) is 0 Å². The number of aldehydes is 1. The number of hydrogen-bond donors (Lipinski definition) is 25. The fourth-order valence-corrected chi connectivity index (χ4v) is 10.5. The Morgan fingerprint density at radius 1 is 0.221 bits per heavy atom. The zero-order valence-electron chi connectivity index (χ0n) is 59.9. The van der Waals surface area contributed by atoms with Crippen molar-refractivity contribution in [3.05, 3.63) is 177 Å². The molecule has 46 nitrogen and oxygen atoms in total. The van der Waals surface area contributed by atoms with Crippen LogP contribution in [0.5, 0.6) is 172 Å². The summed E-state index contributed by atoms with van der Waals surface area (Å²) in [4.78, 5) is 159. The van der Waals surface area contributed by atoms with Crippen LogP contribution in [0.1, 0.15) is 104 Å². The molecule has 0 radical (unpaired) electrons. The third-order valence-corrected chi connectivity index (χ3v) is 16.5. The second kappa shape index (κ2) is 34.3. The summed E-state index contributed by atoms with van der Waals surface area (Å²) in [5.74, 6) is -59.7. The van der Waals surface area contributed by atoms with Crippen molar-refractivity contribution in [2.75, 3.05) is 6.61 Å². The van der Waals surface area contributed by atoms with Crippen LogP contribution in [0.25, 0.3) is 0 Å². The largest absolute Gasteiger partial charge is 0.504 e. The third kappa shape index (κ3) is 18.4. The Bertz CT molecular complexity index is 5780. The highest BCUT2D eigenvalue weighted by molar-refractivity contribution is 6.01. The van der Waals surface area contributed by atoms with E-state index in [2.05, 4.69) is 0 Å². The summed E-state index contributed by atoms with van der Waals surface area (Å²) >= 11 is 0. The Morgan fingerprint density at radius 2 is 0.418 bits per heavy atom. The molecule has 0 spiro atoms. The van der Waals surface area contributed by atoms with Crippen LogP contribution in [-0.2, 0) is 28.5 Å². The van der Waals surface area contributed by atoms with Gasteiger partial charge in [-0.15, -0.1) is 0 Å². The molecule has 632 valence electrons. The summed E-state index contributed by atoms with van der Waals surface area (Å²) in [5, 5.41) is 260. The lowest BCUT2D eigenvalue weighted by molar-refractivity contribution is -0.143. The summed E-state index contributed by atoms with van der Waals surface area (Å²) in [5.41, 5.74) is -11.0. The quantitative estimate of drug-likeness (QED) is 0.0121. The van der Waals surface area contributed by atoms with E-state index in [1.807, 2.05) is 0 Å². The monoisotopic (exact) mass is 1700 g/mol. The zero-order chi connectivity index (χ0) is 89.8. The van der Waals surface area contributed by atoms with E-state index in [1.54, 1.807) is 0 Å². The molecule has 0 fully saturated rings. The maximum atomic E-state index is 15.5. The molecule has 0 aliphatic rings. The summed E-state index contributed by atoms with van der Waals surface area (Å²) in [7, 11) is 0. The number of rotatable bonds is 25. The normalized spacial score (nSPS) is 11.9. The number of carbonyl (C=O) groups excluding carboxylic acids is 11. The number of hydrogen-bond acceptors (Lipinski definition) is 46. The van der Waals surface area contributed by atoms with Gasteiger partial charge in [0.05, 0.1) is 55.6 Å². The molecule has 46 heteroatoms. The van der Waals surface area contributed by atoms with Gasteiger partial charge in [-0.25, -0.2) is 47.9 Å². The van der Waals surface area contributed by atoms with Crippen molar-refractivity contribution in [2.45, 2.75) is 24.4 Å². The van der Waals surface area contributed by atoms with Crippen LogP contribution >= 0.6 is 0 Å². The number of esters is 10. The number of carbonyl (C=O) groups is 11. The Balaban J connectivity index is 1.22. The van der Waals surface area contributed by atoms with E-state index < -0.39 is 325 Å². The highest BCUT2D eigenvalue weighted by Crippen LogP contribution is 2.48. The van der Waals surface area contributed by atoms with Crippen molar-refractivity contribution in [2.24, 2.45) is 0 Å². The van der Waals surface area contributed by atoms with E-state index >= 15 is 9.59 Å². The van der Waals surface area contributed by atoms with Crippen molar-refractivity contribution in [3.8, 4) is 172 Å². The fourth-order valence-electron chi connectivity index (χ4n) is 10.5. The van der Waals surface area contributed by atoms with E-state index in [1.165, 1.54) is 0 Å². The fraction of sp³-hybridized carbons (Fsp3) is 0.0658. The zero-order valence-corrected chi connectivity index (χ0v) is 59.9. The predicted molar refractivity (Wildman–Crippen MR) is 384 cm³/mol. The minimum atomic E-state index is -3.44. The molecule has 25 N–H and O–H groups in total. The molecule has 0 bridgehead atoms. The molecular formula is C76H52O46. The predicted octanol–water partition coefficient (Wildman–Crippen LogP) is 4.68. The molecule has 0 aliphatic carbocycles. The Labute approximate surface area is 672 Å². The maximum Gasteiger partial charge on any atom is 0.344 e. The lowest BCUT2D eigenvalue weighted by Gasteiger charge is -2.34. The second-order valence-corrected chi connectivity index (χ2v) is 24.8. The van der Waals surface area contributed by atoms with Crippen LogP contribution in [0.2, 0.25) is 0 Å². The SMILES string of the molecule is O=C[C@H](OC(=O)c1cc(OC(=O)c2cc(O)c(O)c(O)c2)c(OC(=O)c2cc(O)c(O)c(O)c2)c(OC(=O)c2cc(O)c(O)c(O)c2)c1)[C@@H](OC(=O)c1cc(O)c(OC(=O)c2cc(O)c(O)c(O)c2)c(OC(=O)c2cc(O)c(O)c(O)c2)c1)[C@H](OC(=O)c1cc(O)c(O)c(O)c1)[C@@H](COC(=O)c1cc(O)c(O)c(O)c1)OC(=O)c1cc(O)c(O)c(O)c1. The molecule has 0 amide bonds. The van der Waals surface area contributed by atoms with Gasteiger partial charge < -0.3 is 175 Å². The van der Waals surface area contributed by atoms with Crippen LogP contribution in [0.4, 0.5) is 0 Å². The van der Waals surface area contributed by atoms with Crippen LogP contribution in [0, 0.1) is 0 Å². The first-order chi connectivity index (χ1) is 57.3. The molecule has 0 heterocycles. The van der Waals surface area contributed by atoms with Gasteiger partial charge in [-0.3, -0.25) is 4.79 Å². The maximum absolute atomic E-state index is 15.5. The van der Waals surface area contributed by atoms with E-state index in [0.717, 1.165) is 0 Å². The minimum absolute atomic E-state index is 0.175. The molecule has 0 aliphatic heterocycles. The van der Waals surface area contributed by atoms with Crippen LogP contribution in [-0.4, -0.2) is 225 Å². The summed E-state index contributed by atoms with van der Waals surface area (Å²) in [6, 6.07) is 6.92. The Kier molecular flexibility index (Phi) is 24.2. The summed E-state index contributed by atoms with van der Waals surface area (Å²) in [6.07, 6.45) is -13.8.